The van der Waals surface area contributed by atoms with Gasteiger partial charge in [-0.15, -0.1) is 23.2 Å². The second-order valence-electron chi connectivity index (χ2n) is 17.4. The number of allylic oxidation sites excluding steroid dienone is 8. The standard InChI is InChI=1S/C56H48Cl2O/c1-53(47-37-55(39-21-7-3-8-22-39,40-23-9-4-10-24-40)45-31-17-15-29-43(45)47)35-19-33-49(51(53)57)59-50-34-20-36-54(2,52(50)58)48-38-56(41-25-11-5-12-26-41,42-27-13-6-14-28-42)46-32-18-16-30-44(46)48/h3-36,47-48,51-52H,37-38H2,1-2H3. The summed E-state index contributed by atoms with van der Waals surface area (Å²) in [6.45, 7) is 4.62. The van der Waals surface area contributed by atoms with Crippen LogP contribution in [0, 0.1) is 10.8 Å². The van der Waals surface area contributed by atoms with Crippen molar-refractivity contribution in [1.82, 2.24) is 0 Å². The highest BCUT2D eigenvalue weighted by Crippen LogP contribution is 2.63. The molecule has 0 fully saturated rings. The molecule has 3 heteroatoms. The van der Waals surface area contributed by atoms with Crippen LogP contribution in [0.3, 0.4) is 0 Å². The molecule has 0 bridgehead atoms. The summed E-state index contributed by atoms with van der Waals surface area (Å²) in [4.78, 5) is 0. The summed E-state index contributed by atoms with van der Waals surface area (Å²) in [6, 6.07) is 61.9. The lowest BCUT2D eigenvalue weighted by molar-refractivity contribution is 0.193. The van der Waals surface area contributed by atoms with Crippen LogP contribution in [0.1, 0.15) is 83.0 Å². The molecule has 6 aromatic carbocycles. The fourth-order valence-corrected chi connectivity index (χ4v) is 12.1. The van der Waals surface area contributed by atoms with Gasteiger partial charge in [-0.05, 0) is 81.3 Å². The molecule has 0 aliphatic heterocycles. The first-order valence-corrected chi connectivity index (χ1v) is 21.8. The Kier molecular flexibility index (Phi) is 9.47. The van der Waals surface area contributed by atoms with E-state index in [0.29, 0.717) is 0 Å². The van der Waals surface area contributed by atoms with E-state index in [1.54, 1.807) is 0 Å². The lowest BCUT2D eigenvalue weighted by Gasteiger charge is -2.43. The molecule has 1 nitrogen and oxygen atoms in total. The molecule has 0 saturated heterocycles. The Morgan fingerprint density at radius 2 is 0.729 bits per heavy atom. The van der Waals surface area contributed by atoms with Gasteiger partial charge in [0.05, 0.1) is 0 Å². The highest BCUT2D eigenvalue weighted by atomic mass is 35.5. The fraction of sp³-hybridized carbons (Fsp3) is 0.214. The van der Waals surface area contributed by atoms with Gasteiger partial charge >= 0.3 is 0 Å². The summed E-state index contributed by atoms with van der Waals surface area (Å²) >= 11 is 15.6. The monoisotopic (exact) mass is 806 g/mol. The predicted molar refractivity (Wildman–Crippen MR) is 244 cm³/mol. The molecule has 0 radical (unpaired) electrons. The van der Waals surface area contributed by atoms with Gasteiger partial charge in [0.25, 0.3) is 0 Å². The minimum absolute atomic E-state index is 0.113. The van der Waals surface area contributed by atoms with Crippen molar-refractivity contribution in [1.29, 1.82) is 0 Å². The van der Waals surface area contributed by atoms with Gasteiger partial charge in [0.15, 0.2) is 0 Å². The zero-order valence-corrected chi connectivity index (χ0v) is 35.0. The van der Waals surface area contributed by atoms with Crippen molar-refractivity contribution in [3.8, 4) is 0 Å². The van der Waals surface area contributed by atoms with Crippen molar-refractivity contribution in [3.63, 3.8) is 0 Å². The summed E-state index contributed by atoms with van der Waals surface area (Å²) < 4.78 is 7.04. The van der Waals surface area contributed by atoms with E-state index in [4.69, 9.17) is 27.9 Å². The Morgan fingerprint density at radius 3 is 1.07 bits per heavy atom. The summed E-state index contributed by atoms with van der Waals surface area (Å²) in [6.07, 6.45) is 14.8. The number of halogens is 2. The van der Waals surface area contributed by atoms with Crippen molar-refractivity contribution in [2.24, 2.45) is 10.8 Å². The van der Waals surface area contributed by atoms with Crippen LogP contribution in [-0.4, -0.2) is 10.8 Å². The molecule has 59 heavy (non-hydrogen) atoms. The molecular weight excluding hydrogens is 760 g/mol. The van der Waals surface area contributed by atoms with E-state index >= 15 is 0 Å². The molecule has 4 aliphatic carbocycles. The maximum Gasteiger partial charge on any atom is 0.122 e. The third-order valence-electron chi connectivity index (χ3n) is 14.4. The van der Waals surface area contributed by atoms with Crippen LogP contribution in [0.2, 0.25) is 0 Å². The Bertz CT molecular complexity index is 2350. The Labute approximate surface area is 359 Å². The Hall–Kier alpha value is -5.34. The Balaban J connectivity index is 0.980. The van der Waals surface area contributed by atoms with Gasteiger partial charge in [-0.1, -0.05) is 208 Å². The molecule has 0 N–H and O–H groups in total. The van der Waals surface area contributed by atoms with Crippen molar-refractivity contribution < 1.29 is 4.74 Å². The van der Waals surface area contributed by atoms with E-state index in [2.05, 4.69) is 208 Å². The molecule has 0 aromatic heterocycles. The molecular formula is C56H48Cl2O. The molecule has 0 saturated carbocycles. The van der Waals surface area contributed by atoms with Gasteiger partial charge in [0.2, 0.25) is 0 Å². The van der Waals surface area contributed by atoms with Crippen LogP contribution in [-0.2, 0) is 15.6 Å². The van der Waals surface area contributed by atoms with Gasteiger partial charge in [0, 0.05) is 21.7 Å². The van der Waals surface area contributed by atoms with Crippen molar-refractivity contribution >= 4 is 23.2 Å². The number of fused-ring (bicyclic) bond motifs is 2. The van der Waals surface area contributed by atoms with E-state index in [-0.39, 0.29) is 22.7 Å². The molecule has 6 aromatic rings. The van der Waals surface area contributed by atoms with Crippen LogP contribution in [0.25, 0.3) is 0 Å². The van der Waals surface area contributed by atoms with Crippen LogP contribution in [0.5, 0.6) is 0 Å². The molecule has 6 atom stereocenters. The molecule has 0 amide bonds. The topological polar surface area (TPSA) is 9.23 Å². The molecule has 0 heterocycles. The van der Waals surface area contributed by atoms with E-state index in [9.17, 15) is 0 Å². The Morgan fingerprint density at radius 1 is 0.424 bits per heavy atom. The largest absolute Gasteiger partial charge is 0.463 e. The maximum atomic E-state index is 7.79. The van der Waals surface area contributed by atoms with Crippen molar-refractivity contribution in [2.45, 2.75) is 60.1 Å². The normalized spacial score (nSPS) is 27.3. The van der Waals surface area contributed by atoms with Crippen molar-refractivity contribution in [2.75, 3.05) is 0 Å². The molecule has 10 rings (SSSR count). The second-order valence-corrected chi connectivity index (χ2v) is 18.3. The lowest BCUT2D eigenvalue weighted by Crippen LogP contribution is -2.39. The third-order valence-corrected chi connectivity index (χ3v) is 15.8. The summed E-state index contributed by atoms with van der Waals surface area (Å²) in [5, 5.41) is -0.878. The molecule has 292 valence electrons. The van der Waals surface area contributed by atoms with E-state index in [0.717, 1.165) is 24.4 Å². The van der Waals surface area contributed by atoms with Crippen LogP contribution < -0.4 is 0 Å². The van der Waals surface area contributed by atoms with Crippen LogP contribution >= 0.6 is 23.2 Å². The highest BCUT2D eigenvalue weighted by Gasteiger charge is 2.56. The minimum atomic E-state index is -0.460. The summed E-state index contributed by atoms with van der Waals surface area (Å²) in [7, 11) is 0. The minimum Gasteiger partial charge on any atom is -0.463 e. The van der Waals surface area contributed by atoms with E-state index in [1.807, 2.05) is 12.2 Å². The van der Waals surface area contributed by atoms with Gasteiger partial charge in [-0.3, -0.25) is 0 Å². The van der Waals surface area contributed by atoms with Gasteiger partial charge in [-0.2, -0.15) is 0 Å². The number of alkyl halides is 2. The molecule has 0 spiro atoms. The first kappa shape index (κ1) is 37.9. The first-order valence-electron chi connectivity index (χ1n) is 21.0. The second kappa shape index (κ2) is 14.7. The van der Waals surface area contributed by atoms with Gasteiger partial charge < -0.3 is 4.74 Å². The van der Waals surface area contributed by atoms with E-state index < -0.39 is 21.6 Å². The fourth-order valence-electron chi connectivity index (χ4n) is 11.4. The number of benzene rings is 6. The molecule has 6 unspecified atom stereocenters. The number of hydrogen-bond donors (Lipinski definition) is 0. The predicted octanol–water partition coefficient (Wildman–Crippen LogP) is 14.2. The van der Waals surface area contributed by atoms with E-state index in [1.165, 1.54) is 44.5 Å². The average molecular weight is 808 g/mol. The van der Waals surface area contributed by atoms with Gasteiger partial charge in [-0.25, -0.2) is 0 Å². The molecule has 4 aliphatic rings. The maximum absolute atomic E-state index is 7.79. The highest BCUT2D eigenvalue weighted by molar-refractivity contribution is 6.24. The SMILES string of the molecule is CC1(C2CC(c3ccccc3)(c3ccccc3)c3ccccc32)C=CC=C(OC2=CC=CC(C)(C3CC(c4ccccc4)(c4ccccc4)c4ccccc43)C2Cl)C1Cl. The number of hydrogen-bond acceptors (Lipinski definition) is 1. The smallest absolute Gasteiger partial charge is 0.122 e. The zero-order chi connectivity index (χ0) is 40.2. The average Bonchev–Trinajstić information content (AvgIpc) is 3.85. The quantitative estimate of drug-likeness (QED) is 0.139. The zero-order valence-electron chi connectivity index (χ0n) is 33.5. The lowest BCUT2D eigenvalue weighted by atomic mass is 9.65. The summed E-state index contributed by atoms with van der Waals surface area (Å²) in [5.74, 6) is 1.69. The van der Waals surface area contributed by atoms with Gasteiger partial charge in [0.1, 0.15) is 22.3 Å². The number of rotatable bonds is 8. The van der Waals surface area contributed by atoms with Crippen molar-refractivity contribution in [3.05, 3.63) is 262 Å². The third kappa shape index (κ3) is 5.80. The summed E-state index contributed by atoms with van der Waals surface area (Å²) in [5.41, 5.74) is 8.96. The first-order chi connectivity index (χ1) is 28.8. The number of ether oxygens (including phenoxy) is 1. The van der Waals surface area contributed by atoms with Crippen LogP contribution in [0.4, 0.5) is 0 Å². The van der Waals surface area contributed by atoms with Crippen LogP contribution in [0.15, 0.2) is 218 Å².